The van der Waals surface area contributed by atoms with E-state index in [1.165, 1.54) is 6.07 Å². The molecule has 7 heteroatoms. The van der Waals surface area contributed by atoms with Gasteiger partial charge in [0.25, 0.3) is 0 Å². The second-order valence-corrected chi connectivity index (χ2v) is 4.69. The van der Waals surface area contributed by atoms with E-state index in [1.54, 1.807) is 20.8 Å². The third-order valence-electron chi connectivity index (χ3n) is 3.06. The summed E-state index contributed by atoms with van der Waals surface area (Å²) >= 11 is 0. The number of rotatable bonds is 3. The van der Waals surface area contributed by atoms with E-state index in [2.05, 4.69) is 15.8 Å². The number of aromatic nitrogens is 1. The molecule has 2 N–H and O–H groups in total. The fraction of sp³-hybridized carbons (Fsp3) is 0.286. The van der Waals surface area contributed by atoms with Gasteiger partial charge in [-0.3, -0.25) is 0 Å². The van der Waals surface area contributed by atoms with Crippen molar-refractivity contribution in [1.29, 1.82) is 0 Å². The molecule has 0 saturated heterocycles. The van der Waals surface area contributed by atoms with Crippen LogP contribution in [-0.4, -0.2) is 11.2 Å². The van der Waals surface area contributed by atoms with E-state index in [0.717, 1.165) is 12.1 Å². The van der Waals surface area contributed by atoms with Gasteiger partial charge in [0.15, 0.2) is 17.4 Å². The maximum absolute atomic E-state index is 13.2. The summed E-state index contributed by atoms with van der Waals surface area (Å²) in [5, 5.41) is 8.96. The molecule has 0 aliphatic rings. The molecular weight excluding hydrogens is 280 g/mol. The number of carbonyl (C=O) groups is 1. The zero-order valence-corrected chi connectivity index (χ0v) is 11.8. The standard InChI is InChI=1S/C14H15F2N3O2/c1-7(10-4-5-11(15)12(16)6-10)17-14(20)18-13-8(2)19-21-9(13)3/h4-7H,1-3H3,(H2,17,18,20). The Morgan fingerprint density at radius 1 is 1.29 bits per heavy atom. The van der Waals surface area contributed by atoms with Crippen molar-refractivity contribution >= 4 is 11.7 Å². The van der Waals surface area contributed by atoms with Crippen LogP contribution in [0.25, 0.3) is 0 Å². The Hall–Kier alpha value is -2.44. The second kappa shape index (κ2) is 5.90. The summed E-state index contributed by atoms with van der Waals surface area (Å²) in [6, 6.07) is 2.52. The van der Waals surface area contributed by atoms with Crippen LogP contribution in [0, 0.1) is 25.5 Å². The summed E-state index contributed by atoms with van der Waals surface area (Å²) in [7, 11) is 0. The molecule has 1 aromatic carbocycles. The SMILES string of the molecule is Cc1noc(C)c1NC(=O)NC(C)c1ccc(F)c(F)c1. The number of halogens is 2. The lowest BCUT2D eigenvalue weighted by Gasteiger charge is -2.15. The fourth-order valence-corrected chi connectivity index (χ4v) is 1.87. The average Bonchev–Trinajstić information content (AvgIpc) is 2.73. The van der Waals surface area contributed by atoms with Gasteiger partial charge in [-0.15, -0.1) is 0 Å². The van der Waals surface area contributed by atoms with Crippen LogP contribution >= 0.6 is 0 Å². The van der Waals surface area contributed by atoms with Crippen LogP contribution in [0.5, 0.6) is 0 Å². The zero-order chi connectivity index (χ0) is 15.6. The number of anilines is 1. The van der Waals surface area contributed by atoms with Gasteiger partial charge >= 0.3 is 6.03 Å². The lowest BCUT2D eigenvalue weighted by Crippen LogP contribution is -2.31. The largest absolute Gasteiger partial charge is 0.359 e. The molecule has 5 nitrogen and oxygen atoms in total. The van der Waals surface area contributed by atoms with Gasteiger partial charge in [-0.25, -0.2) is 13.6 Å². The van der Waals surface area contributed by atoms with Gasteiger partial charge in [0, 0.05) is 0 Å². The van der Waals surface area contributed by atoms with Gasteiger partial charge in [-0.2, -0.15) is 0 Å². The number of nitrogens with one attached hydrogen (secondary N) is 2. The first-order valence-electron chi connectivity index (χ1n) is 6.34. The molecule has 0 radical (unpaired) electrons. The van der Waals surface area contributed by atoms with E-state index < -0.39 is 23.7 Å². The van der Waals surface area contributed by atoms with Crippen LogP contribution in [0.1, 0.15) is 30.0 Å². The summed E-state index contributed by atoms with van der Waals surface area (Å²) < 4.78 is 31.0. The Morgan fingerprint density at radius 3 is 2.57 bits per heavy atom. The van der Waals surface area contributed by atoms with Crippen molar-refractivity contribution in [1.82, 2.24) is 10.5 Å². The minimum Gasteiger partial charge on any atom is -0.359 e. The van der Waals surface area contributed by atoms with Crippen molar-refractivity contribution in [3.05, 3.63) is 46.9 Å². The molecule has 0 fully saturated rings. The average molecular weight is 295 g/mol. The molecule has 21 heavy (non-hydrogen) atoms. The van der Waals surface area contributed by atoms with Crippen LogP contribution in [0.2, 0.25) is 0 Å². The van der Waals surface area contributed by atoms with Crippen LogP contribution in [0.4, 0.5) is 19.3 Å². The molecule has 1 heterocycles. The van der Waals surface area contributed by atoms with Crippen LogP contribution < -0.4 is 10.6 Å². The molecule has 112 valence electrons. The lowest BCUT2D eigenvalue weighted by atomic mass is 10.1. The third-order valence-corrected chi connectivity index (χ3v) is 3.06. The van der Waals surface area contributed by atoms with E-state index in [-0.39, 0.29) is 0 Å². The van der Waals surface area contributed by atoms with E-state index in [0.29, 0.717) is 22.7 Å². The number of carbonyl (C=O) groups excluding carboxylic acids is 1. The van der Waals surface area contributed by atoms with Crippen molar-refractivity contribution < 1.29 is 18.1 Å². The van der Waals surface area contributed by atoms with E-state index in [9.17, 15) is 13.6 Å². The zero-order valence-electron chi connectivity index (χ0n) is 11.8. The number of hydrogen-bond acceptors (Lipinski definition) is 3. The van der Waals surface area contributed by atoms with Gasteiger partial charge in [0.1, 0.15) is 11.4 Å². The highest BCUT2D eigenvalue weighted by molar-refractivity contribution is 5.90. The summed E-state index contributed by atoms with van der Waals surface area (Å²) in [4.78, 5) is 11.9. The summed E-state index contributed by atoms with van der Waals surface area (Å²) in [5.74, 6) is -1.39. The van der Waals surface area contributed by atoms with Crippen molar-refractivity contribution in [2.75, 3.05) is 5.32 Å². The number of urea groups is 1. The third kappa shape index (κ3) is 3.36. The molecule has 1 atom stereocenters. The van der Waals surface area contributed by atoms with Gasteiger partial charge in [-0.05, 0) is 38.5 Å². The Balaban J connectivity index is 2.03. The van der Waals surface area contributed by atoms with Crippen molar-refractivity contribution in [3.8, 4) is 0 Å². The smallest absolute Gasteiger partial charge is 0.319 e. The number of nitrogens with zero attached hydrogens (tertiary/aromatic N) is 1. The van der Waals surface area contributed by atoms with Gasteiger partial charge < -0.3 is 15.2 Å². The Bertz CT molecular complexity index is 651. The quantitative estimate of drug-likeness (QED) is 0.911. The predicted molar refractivity (Wildman–Crippen MR) is 72.9 cm³/mol. The maximum Gasteiger partial charge on any atom is 0.319 e. The van der Waals surface area contributed by atoms with E-state index in [1.807, 2.05) is 0 Å². The molecule has 2 aromatic rings. The molecule has 2 amide bonds. The molecule has 1 aromatic heterocycles. The van der Waals surface area contributed by atoms with Gasteiger partial charge in [-0.1, -0.05) is 11.2 Å². The highest BCUT2D eigenvalue weighted by Gasteiger charge is 2.15. The Kier molecular flexibility index (Phi) is 4.21. The van der Waals surface area contributed by atoms with Gasteiger partial charge in [0.2, 0.25) is 0 Å². The first-order valence-corrected chi connectivity index (χ1v) is 6.34. The molecular formula is C14H15F2N3O2. The highest BCUT2D eigenvalue weighted by atomic mass is 19.2. The molecule has 1 unspecified atom stereocenters. The minimum atomic E-state index is -0.952. The lowest BCUT2D eigenvalue weighted by molar-refractivity contribution is 0.249. The van der Waals surface area contributed by atoms with E-state index in [4.69, 9.17) is 4.52 Å². The first-order chi connectivity index (χ1) is 9.88. The van der Waals surface area contributed by atoms with Gasteiger partial charge in [0.05, 0.1) is 6.04 Å². The molecule has 0 bridgehead atoms. The Morgan fingerprint density at radius 2 is 2.00 bits per heavy atom. The summed E-state index contributed by atoms with van der Waals surface area (Å²) in [5.41, 5.74) is 1.51. The predicted octanol–water partition coefficient (Wildman–Crippen LogP) is 3.45. The van der Waals surface area contributed by atoms with E-state index >= 15 is 0 Å². The number of aryl methyl sites for hydroxylation is 2. The number of hydrogen-bond donors (Lipinski definition) is 2. The van der Waals surface area contributed by atoms with Crippen LogP contribution in [0.15, 0.2) is 22.7 Å². The Labute approximate surface area is 120 Å². The summed E-state index contributed by atoms with van der Waals surface area (Å²) in [6.45, 7) is 5.04. The maximum atomic E-state index is 13.2. The molecule has 0 aliphatic carbocycles. The molecule has 0 spiro atoms. The normalized spacial score (nSPS) is 12.0. The molecule has 2 rings (SSSR count). The van der Waals surface area contributed by atoms with Crippen LogP contribution in [0.3, 0.4) is 0 Å². The highest BCUT2D eigenvalue weighted by Crippen LogP contribution is 2.19. The number of benzene rings is 1. The molecule has 0 saturated carbocycles. The topological polar surface area (TPSA) is 67.2 Å². The van der Waals surface area contributed by atoms with Crippen LogP contribution in [-0.2, 0) is 0 Å². The van der Waals surface area contributed by atoms with Crippen molar-refractivity contribution in [3.63, 3.8) is 0 Å². The fourth-order valence-electron chi connectivity index (χ4n) is 1.87. The summed E-state index contributed by atoms with van der Waals surface area (Å²) in [6.07, 6.45) is 0. The van der Waals surface area contributed by atoms with Crippen molar-refractivity contribution in [2.45, 2.75) is 26.8 Å². The minimum absolute atomic E-state index is 0.461. The first kappa shape index (κ1) is 15.0. The second-order valence-electron chi connectivity index (χ2n) is 4.69. The molecule has 0 aliphatic heterocycles. The monoisotopic (exact) mass is 295 g/mol. The number of amides is 2. The van der Waals surface area contributed by atoms with Crippen molar-refractivity contribution in [2.24, 2.45) is 0 Å².